The molecule has 1 rings (SSSR count). The van der Waals surface area contributed by atoms with Crippen molar-refractivity contribution in [2.75, 3.05) is 6.54 Å². The second-order valence-electron chi connectivity index (χ2n) is 4.35. The number of hydrogen-bond donors (Lipinski definition) is 2. The summed E-state index contributed by atoms with van der Waals surface area (Å²) in [4.78, 5) is -0.0990. The molecule has 4 nitrogen and oxygen atoms in total. The van der Waals surface area contributed by atoms with Crippen LogP contribution in [0.2, 0.25) is 10.0 Å². The van der Waals surface area contributed by atoms with Crippen LogP contribution in [0.3, 0.4) is 0 Å². The fourth-order valence-electron chi connectivity index (χ4n) is 1.80. The van der Waals surface area contributed by atoms with Crippen LogP contribution >= 0.6 is 35.6 Å². The van der Waals surface area contributed by atoms with Gasteiger partial charge in [-0.1, -0.05) is 43.1 Å². The first kappa shape index (κ1) is 20.0. The molecule has 0 saturated carbocycles. The highest BCUT2D eigenvalue weighted by Crippen LogP contribution is 2.30. The fourth-order valence-corrected chi connectivity index (χ4v) is 4.50. The second kappa shape index (κ2) is 7.82. The Morgan fingerprint density at radius 2 is 1.65 bits per heavy atom. The third-order valence-corrected chi connectivity index (χ3v) is 5.82. The highest BCUT2D eigenvalue weighted by Gasteiger charge is 2.32. The van der Waals surface area contributed by atoms with E-state index < -0.39 is 15.6 Å². The lowest BCUT2D eigenvalue weighted by Crippen LogP contribution is -2.52. The predicted octanol–water partition coefficient (Wildman–Crippen LogP) is 3.21. The summed E-state index contributed by atoms with van der Waals surface area (Å²) in [6, 6.07) is 4.58. The Balaban J connectivity index is 0.00000361. The maximum Gasteiger partial charge on any atom is 0.244 e. The molecule has 0 spiro atoms. The number of nitrogens with one attached hydrogen (secondary N) is 1. The second-order valence-corrected chi connectivity index (χ2v) is 6.78. The Kier molecular flexibility index (Phi) is 7.81. The third kappa shape index (κ3) is 4.23. The quantitative estimate of drug-likeness (QED) is 0.817. The Bertz CT molecular complexity index is 517. The van der Waals surface area contributed by atoms with Crippen molar-refractivity contribution in [1.82, 2.24) is 4.72 Å². The van der Waals surface area contributed by atoms with Gasteiger partial charge in [-0.2, -0.15) is 0 Å². The normalized spacial score (nSPS) is 12.1. The molecule has 0 aliphatic heterocycles. The molecule has 1 aromatic carbocycles. The molecule has 0 unspecified atom stereocenters. The van der Waals surface area contributed by atoms with E-state index in [2.05, 4.69) is 4.72 Å². The van der Waals surface area contributed by atoms with E-state index >= 15 is 0 Å². The maximum absolute atomic E-state index is 12.4. The van der Waals surface area contributed by atoms with Gasteiger partial charge < -0.3 is 5.73 Å². The lowest BCUT2D eigenvalue weighted by molar-refractivity contribution is 0.363. The van der Waals surface area contributed by atoms with Crippen molar-refractivity contribution in [3.05, 3.63) is 28.2 Å². The van der Waals surface area contributed by atoms with E-state index in [4.69, 9.17) is 28.9 Å². The van der Waals surface area contributed by atoms with E-state index in [1.165, 1.54) is 12.1 Å². The summed E-state index contributed by atoms with van der Waals surface area (Å²) >= 11 is 11.9. The number of nitrogens with two attached hydrogens (primary N) is 1. The van der Waals surface area contributed by atoms with Crippen LogP contribution in [0.1, 0.15) is 26.7 Å². The van der Waals surface area contributed by atoms with Crippen LogP contribution in [-0.2, 0) is 10.0 Å². The molecule has 0 bridgehead atoms. The summed E-state index contributed by atoms with van der Waals surface area (Å²) in [6.07, 6.45) is 1.17. The molecule has 20 heavy (non-hydrogen) atoms. The molecule has 0 atom stereocenters. The van der Waals surface area contributed by atoms with E-state index in [0.29, 0.717) is 12.8 Å². The van der Waals surface area contributed by atoms with Gasteiger partial charge in [0.15, 0.2) is 0 Å². The van der Waals surface area contributed by atoms with Crippen LogP contribution in [0.15, 0.2) is 23.1 Å². The van der Waals surface area contributed by atoms with Crippen molar-refractivity contribution in [1.29, 1.82) is 0 Å². The standard InChI is InChI=1S/C12H18Cl2N2O2S.ClH/c1-3-12(4-2,8-15)16-19(17,18)11-9(13)6-5-7-10(11)14;/h5-7,16H,3-4,8,15H2,1-2H3;1H. The number of halogens is 3. The van der Waals surface area contributed by atoms with Crippen LogP contribution in [0.5, 0.6) is 0 Å². The largest absolute Gasteiger partial charge is 0.329 e. The van der Waals surface area contributed by atoms with Crippen molar-refractivity contribution in [2.45, 2.75) is 37.1 Å². The van der Waals surface area contributed by atoms with Crippen molar-refractivity contribution < 1.29 is 8.42 Å². The van der Waals surface area contributed by atoms with Gasteiger partial charge in [0.25, 0.3) is 0 Å². The molecule has 0 radical (unpaired) electrons. The Morgan fingerprint density at radius 1 is 1.20 bits per heavy atom. The zero-order valence-corrected chi connectivity index (χ0v) is 14.5. The van der Waals surface area contributed by atoms with Crippen LogP contribution in [0.25, 0.3) is 0 Å². The lowest BCUT2D eigenvalue weighted by Gasteiger charge is -2.31. The summed E-state index contributed by atoms with van der Waals surface area (Å²) < 4.78 is 27.5. The van der Waals surface area contributed by atoms with Crippen molar-refractivity contribution in [3.8, 4) is 0 Å². The molecule has 0 aliphatic rings. The topological polar surface area (TPSA) is 72.2 Å². The molecule has 0 aromatic heterocycles. The van der Waals surface area contributed by atoms with E-state index in [0.717, 1.165) is 0 Å². The molecule has 0 fully saturated rings. The Morgan fingerprint density at radius 3 is 2.00 bits per heavy atom. The van der Waals surface area contributed by atoms with Crippen LogP contribution < -0.4 is 10.5 Å². The van der Waals surface area contributed by atoms with Crippen molar-refractivity contribution >= 4 is 45.6 Å². The summed E-state index contributed by atoms with van der Waals surface area (Å²) in [7, 11) is -3.81. The minimum atomic E-state index is -3.81. The first-order valence-electron chi connectivity index (χ1n) is 6.00. The molecule has 0 saturated heterocycles. The van der Waals surface area contributed by atoms with Gasteiger partial charge >= 0.3 is 0 Å². The van der Waals surface area contributed by atoms with Gasteiger partial charge in [0, 0.05) is 12.1 Å². The fraction of sp³-hybridized carbons (Fsp3) is 0.500. The molecule has 116 valence electrons. The molecular weight excluding hydrogens is 343 g/mol. The van der Waals surface area contributed by atoms with Gasteiger partial charge in [0.1, 0.15) is 4.90 Å². The molecule has 3 N–H and O–H groups in total. The van der Waals surface area contributed by atoms with E-state index in [1.54, 1.807) is 6.07 Å². The van der Waals surface area contributed by atoms with Gasteiger partial charge in [-0.25, -0.2) is 13.1 Å². The number of hydrogen-bond acceptors (Lipinski definition) is 3. The molecule has 0 amide bonds. The minimum absolute atomic E-state index is 0. The number of benzene rings is 1. The molecule has 1 aromatic rings. The monoisotopic (exact) mass is 360 g/mol. The summed E-state index contributed by atoms with van der Waals surface area (Å²) in [5.74, 6) is 0. The third-order valence-electron chi connectivity index (χ3n) is 3.28. The zero-order chi connectivity index (χ0) is 14.7. The lowest BCUT2D eigenvalue weighted by atomic mass is 9.95. The SMILES string of the molecule is CCC(CC)(CN)NS(=O)(=O)c1c(Cl)cccc1Cl.Cl. The van der Waals surface area contributed by atoms with Crippen LogP contribution in [0, 0.1) is 0 Å². The molecule has 0 heterocycles. The summed E-state index contributed by atoms with van der Waals surface area (Å²) in [6.45, 7) is 3.97. The van der Waals surface area contributed by atoms with Crippen molar-refractivity contribution in [3.63, 3.8) is 0 Å². The maximum atomic E-state index is 12.4. The van der Waals surface area contributed by atoms with E-state index in [-0.39, 0.29) is 33.9 Å². The Labute approximate surface area is 136 Å². The van der Waals surface area contributed by atoms with E-state index in [1.807, 2.05) is 13.8 Å². The van der Waals surface area contributed by atoms with Gasteiger partial charge in [0.2, 0.25) is 10.0 Å². The highest BCUT2D eigenvalue weighted by molar-refractivity contribution is 7.89. The first-order valence-corrected chi connectivity index (χ1v) is 8.24. The number of rotatable bonds is 6. The smallest absolute Gasteiger partial charge is 0.244 e. The van der Waals surface area contributed by atoms with Gasteiger partial charge in [-0.05, 0) is 25.0 Å². The predicted molar refractivity (Wildman–Crippen MR) is 86.4 cm³/mol. The Hall–Kier alpha value is -0.0400. The van der Waals surface area contributed by atoms with Gasteiger partial charge in [-0.3, -0.25) is 0 Å². The van der Waals surface area contributed by atoms with E-state index in [9.17, 15) is 8.42 Å². The van der Waals surface area contributed by atoms with Crippen LogP contribution in [-0.4, -0.2) is 20.5 Å². The molecule has 8 heteroatoms. The summed E-state index contributed by atoms with van der Waals surface area (Å²) in [5.41, 5.74) is 5.02. The first-order chi connectivity index (χ1) is 8.82. The highest BCUT2D eigenvalue weighted by atomic mass is 35.5. The minimum Gasteiger partial charge on any atom is -0.329 e. The summed E-state index contributed by atoms with van der Waals surface area (Å²) in [5, 5.41) is 0.191. The van der Waals surface area contributed by atoms with Gasteiger partial charge in [-0.15, -0.1) is 12.4 Å². The molecular formula is C12H19Cl3N2O2S. The average molecular weight is 362 g/mol. The number of sulfonamides is 1. The zero-order valence-electron chi connectivity index (χ0n) is 11.3. The van der Waals surface area contributed by atoms with Crippen LogP contribution in [0.4, 0.5) is 0 Å². The van der Waals surface area contributed by atoms with Gasteiger partial charge in [0.05, 0.1) is 10.0 Å². The average Bonchev–Trinajstić information content (AvgIpc) is 2.35. The van der Waals surface area contributed by atoms with Crippen molar-refractivity contribution in [2.24, 2.45) is 5.73 Å². The molecule has 0 aliphatic carbocycles.